The minimum absolute atomic E-state index is 0.275. The first-order valence-corrected chi connectivity index (χ1v) is 10.3. The van der Waals surface area contributed by atoms with Gasteiger partial charge in [-0.3, -0.25) is 5.01 Å². The van der Waals surface area contributed by atoms with E-state index in [1.54, 1.807) is 4.90 Å². The smallest absolute Gasteiger partial charge is 0.410 e. The predicted octanol–water partition coefficient (Wildman–Crippen LogP) is 2.59. The number of amides is 1. The van der Waals surface area contributed by atoms with Crippen molar-refractivity contribution in [1.82, 2.24) is 14.8 Å². The zero-order valence-electron chi connectivity index (χ0n) is 16.5. The zero-order valence-corrected chi connectivity index (χ0v) is 17.3. The number of piperazine rings is 1. The van der Waals surface area contributed by atoms with Crippen LogP contribution in [0.1, 0.15) is 52.9 Å². The van der Waals surface area contributed by atoms with E-state index in [1.807, 2.05) is 20.8 Å². The molecule has 152 valence electrons. The summed E-state index contributed by atoms with van der Waals surface area (Å²) in [6.07, 6.45) is 5.58. The van der Waals surface area contributed by atoms with Crippen LogP contribution in [-0.4, -0.2) is 70.1 Å². The molecule has 1 amide bonds. The summed E-state index contributed by atoms with van der Waals surface area (Å²) in [6.45, 7) is 8.06. The van der Waals surface area contributed by atoms with Crippen LogP contribution in [0.25, 0.3) is 0 Å². The molecule has 1 saturated carbocycles. The van der Waals surface area contributed by atoms with Crippen LogP contribution >= 0.6 is 11.6 Å². The first kappa shape index (κ1) is 20.2. The Kier molecular flexibility index (Phi) is 6.15. The van der Waals surface area contributed by atoms with Gasteiger partial charge < -0.3 is 14.5 Å². The fourth-order valence-electron chi connectivity index (χ4n) is 3.69. The minimum atomic E-state index is -0.640. The Morgan fingerprint density at radius 1 is 1.15 bits per heavy atom. The molecule has 1 saturated heterocycles. The molecule has 2 fully saturated rings. The number of rotatable bonds is 1. The van der Waals surface area contributed by atoms with Crippen LogP contribution in [0, 0.1) is 5.92 Å². The first-order chi connectivity index (χ1) is 12.7. The van der Waals surface area contributed by atoms with Crippen LogP contribution in [0.15, 0.2) is 9.98 Å². The number of amidine groups is 1. The normalized spacial score (nSPS) is 25.2. The second-order valence-electron chi connectivity index (χ2n) is 8.41. The topological polar surface area (TPSA) is 86.8 Å². The van der Waals surface area contributed by atoms with E-state index in [4.69, 9.17) is 27.2 Å². The van der Waals surface area contributed by atoms with Crippen molar-refractivity contribution in [3.05, 3.63) is 0 Å². The molecule has 1 unspecified atom stereocenters. The summed E-state index contributed by atoms with van der Waals surface area (Å²) >= 11 is 6.37. The third-order valence-corrected chi connectivity index (χ3v) is 5.42. The van der Waals surface area contributed by atoms with E-state index >= 15 is 0 Å². The Bertz CT molecular complexity index is 603. The summed E-state index contributed by atoms with van der Waals surface area (Å²) in [5.41, 5.74) is -1.13. The van der Waals surface area contributed by atoms with Gasteiger partial charge in [0.05, 0.1) is 0 Å². The minimum Gasteiger partial charge on any atom is -0.444 e. The second kappa shape index (κ2) is 8.22. The van der Waals surface area contributed by atoms with E-state index in [-0.39, 0.29) is 6.09 Å². The summed E-state index contributed by atoms with van der Waals surface area (Å²) < 4.78 is 5.45. The Hall–Kier alpha value is -1.54. The van der Waals surface area contributed by atoms with E-state index in [0.717, 1.165) is 18.7 Å². The molecule has 1 aliphatic carbocycles. The summed E-state index contributed by atoms with van der Waals surface area (Å²) in [5, 5.41) is 1.50. The third-order valence-electron chi connectivity index (χ3n) is 5.12. The lowest BCUT2D eigenvalue weighted by atomic mass is 9.88. The van der Waals surface area contributed by atoms with E-state index < -0.39 is 11.2 Å². The Labute approximate surface area is 166 Å². The summed E-state index contributed by atoms with van der Waals surface area (Å²) in [5.74, 6) is 7.96. The van der Waals surface area contributed by atoms with Gasteiger partial charge in [-0.1, -0.05) is 30.9 Å². The molecule has 3 rings (SSSR count). The maximum Gasteiger partial charge on any atom is 0.410 e. The molecule has 2 N–H and O–H groups in total. The number of hydrazine groups is 1. The molecule has 0 spiro atoms. The van der Waals surface area contributed by atoms with Gasteiger partial charge in [0.2, 0.25) is 11.6 Å². The lowest BCUT2D eigenvalue weighted by Gasteiger charge is -2.39. The van der Waals surface area contributed by atoms with Crippen molar-refractivity contribution < 1.29 is 9.53 Å². The predicted molar refractivity (Wildman–Crippen MR) is 106 cm³/mol. The largest absolute Gasteiger partial charge is 0.444 e. The molecule has 2 aliphatic heterocycles. The van der Waals surface area contributed by atoms with Gasteiger partial charge in [0, 0.05) is 32.1 Å². The zero-order chi connectivity index (χ0) is 19.6. The molecule has 0 aromatic rings. The van der Waals surface area contributed by atoms with E-state index in [9.17, 15) is 4.79 Å². The van der Waals surface area contributed by atoms with Crippen molar-refractivity contribution in [3.63, 3.8) is 0 Å². The number of ether oxygens (including phenoxy) is 1. The first-order valence-electron chi connectivity index (χ1n) is 9.82. The lowest BCUT2D eigenvalue weighted by Crippen LogP contribution is -2.54. The molecular weight excluding hydrogens is 368 g/mol. The van der Waals surface area contributed by atoms with Gasteiger partial charge >= 0.3 is 6.09 Å². The quantitative estimate of drug-likeness (QED) is 0.416. The molecule has 0 aromatic heterocycles. The Morgan fingerprint density at radius 2 is 1.78 bits per heavy atom. The van der Waals surface area contributed by atoms with Crippen LogP contribution in [0.2, 0.25) is 0 Å². The maximum atomic E-state index is 12.2. The van der Waals surface area contributed by atoms with Crippen molar-refractivity contribution in [1.29, 1.82) is 0 Å². The fraction of sp³-hybridized carbons (Fsp3) is 0.833. The molecule has 0 radical (unpaired) electrons. The number of carbonyl (C=O) groups excluding carboxylic acids is 1. The van der Waals surface area contributed by atoms with Crippen LogP contribution in [0.5, 0.6) is 0 Å². The molecule has 1 atom stereocenters. The standard InChI is InChI=1S/C18H31ClN6O2/c1-18(2,3)27-17(26)24-11-9-23(10-12-24)16-21-14(25(20)15(19)22-16)13-7-5-4-6-8-13/h13,15H,4-12,20H2,1-3H3. The summed E-state index contributed by atoms with van der Waals surface area (Å²) in [6, 6.07) is 0. The molecule has 8 nitrogen and oxygen atoms in total. The molecule has 0 aromatic carbocycles. The number of guanidine groups is 1. The van der Waals surface area contributed by atoms with E-state index in [2.05, 4.69) is 9.89 Å². The number of hydrogen-bond donors (Lipinski definition) is 1. The van der Waals surface area contributed by atoms with Crippen molar-refractivity contribution >= 4 is 29.5 Å². The number of carbonyl (C=O) groups is 1. The van der Waals surface area contributed by atoms with Gasteiger partial charge in [-0.15, -0.1) is 0 Å². The van der Waals surface area contributed by atoms with Crippen molar-refractivity contribution in [3.8, 4) is 0 Å². The average Bonchev–Trinajstić information content (AvgIpc) is 2.63. The van der Waals surface area contributed by atoms with E-state index in [0.29, 0.717) is 38.1 Å². The van der Waals surface area contributed by atoms with Gasteiger partial charge in [-0.05, 0) is 33.6 Å². The van der Waals surface area contributed by atoms with Crippen LogP contribution in [0.3, 0.4) is 0 Å². The van der Waals surface area contributed by atoms with E-state index in [1.165, 1.54) is 24.3 Å². The highest BCUT2D eigenvalue weighted by Crippen LogP contribution is 2.28. The number of aliphatic imine (C=N–C) groups is 2. The van der Waals surface area contributed by atoms with Gasteiger partial charge in [0.15, 0.2) is 0 Å². The Balaban J connectivity index is 1.63. The highest BCUT2D eigenvalue weighted by Gasteiger charge is 2.33. The van der Waals surface area contributed by atoms with Gasteiger partial charge in [0.1, 0.15) is 11.4 Å². The second-order valence-corrected chi connectivity index (χ2v) is 8.80. The van der Waals surface area contributed by atoms with Crippen molar-refractivity contribution in [2.24, 2.45) is 21.7 Å². The van der Waals surface area contributed by atoms with Crippen molar-refractivity contribution in [2.45, 2.75) is 64.1 Å². The number of alkyl halides is 1. The maximum absolute atomic E-state index is 12.2. The third kappa shape index (κ3) is 5.04. The fourth-order valence-corrected chi connectivity index (χ4v) is 3.87. The lowest BCUT2D eigenvalue weighted by molar-refractivity contribution is 0.0186. The van der Waals surface area contributed by atoms with Gasteiger partial charge in [0.25, 0.3) is 0 Å². The molecular formula is C18H31ClN6O2. The van der Waals surface area contributed by atoms with Gasteiger partial charge in [-0.2, -0.15) is 4.99 Å². The average molecular weight is 399 g/mol. The number of nitrogens with zero attached hydrogens (tertiary/aromatic N) is 5. The molecule has 3 aliphatic rings. The number of hydrogen-bond acceptors (Lipinski definition) is 7. The summed E-state index contributed by atoms with van der Waals surface area (Å²) in [4.78, 5) is 25.2. The molecule has 9 heteroatoms. The number of halogens is 1. The van der Waals surface area contributed by atoms with Crippen LogP contribution in [-0.2, 0) is 4.74 Å². The molecule has 27 heavy (non-hydrogen) atoms. The molecule has 2 heterocycles. The Morgan fingerprint density at radius 3 is 2.37 bits per heavy atom. The van der Waals surface area contributed by atoms with Crippen LogP contribution < -0.4 is 5.84 Å². The molecule has 0 bridgehead atoms. The van der Waals surface area contributed by atoms with Crippen molar-refractivity contribution in [2.75, 3.05) is 26.2 Å². The van der Waals surface area contributed by atoms with Crippen LogP contribution in [0.4, 0.5) is 4.79 Å². The highest BCUT2D eigenvalue weighted by molar-refractivity contribution is 6.22. The van der Waals surface area contributed by atoms with Gasteiger partial charge in [-0.25, -0.2) is 15.6 Å². The summed E-state index contributed by atoms with van der Waals surface area (Å²) in [7, 11) is 0. The monoisotopic (exact) mass is 398 g/mol. The highest BCUT2D eigenvalue weighted by atomic mass is 35.5. The number of nitrogens with two attached hydrogens (primary N) is 1. The SMILES string of the molecule is CC(C)(C)OC(=O)N1CCN(C2=NC(Cl)N(N)C(C3CCCCC3)=N2)CC1.